The van der Waals surface area contributed by atoms with Gasteiger partial charge >= 0.3 is 11.9 Å². The molecule has 0 unspecified atom stereocenters. The van der Waals surface area contributed by atoms with Crippen molar-refractivity contribution in [3.8, 4) is 0 Å². The van der Waals surface area contributed by atoms with Crippen molar-refractivity contribution in [3.63, 3.8) is 0 Å². The van der Waals surface area contributed by atoms with Crippen LogP contribution in [0.1, 0.15) is 75.3 Å². The Morgan fingerprint density at radius 2 is 0.941 bits per heavy atom. The largest absolute Gasteiger partial charge is 0.465 e. The Morgan fingerprint density at radius 3 is 1.32 bits per heavy atom. The molecule has 4 nitrogen and oxygen atoms in total. The van der Waals surface area contributed by atoms with Gasteiger partial charge in [0.05, 0.1) is 25.0 Å². The lowest BCUT2D eigenvalue weighted by molar-refractivity contribution is -0.155. The number of carbonyl (C=O) groups excluding carboxylic acids is 2. The highest BCUT2D eigenvalue weighted by Crippen LogP contribution is 2.30. The van der Waals surface area contributed by atoms with Gasteiger partial charge in [-0.25, -0.2) is 0 Å². The molecule has 0 aromatic heterocycles. The Kier molecular flexibility index (Phi) is 11.7. The Labute approximate surface area is 205 Å². The number of carbonyl (C=O) groups is 2. The summed E-state index contributed by atoms with van der Waals surface area (Å²) in [4.78, 5) is 24.7. The van der Waals surface area contributed by atoms with Crippen LogP contribution in [0.15, 0.2) is 60.7 Å². The fourth-order valence-electron chi connectivity index (χ4n) is 4.65. The van der Waals surface area contributed by atoms with Crippen molar-refractivity contribution in [1.82, 2.24) is 0 Å². The van der Waals surface area contributed by atoms with E-state index in [1.165, 1.54) is 11.1 Å². The van der Waals surface area contributed by atoms with E-state index in [4.69, 9.17) is 9.47 Å². The van der Waals surface area contributed by atoms with Crippen molar-refractivity contribution in [2.75, 3.05) is 13.2 Å². The van der Waals surface area contributed by atoms with E-state index in [0.29, 0.717) is 13.2 Å². The molecular formula is C30H40O4. The molecule has 0 spiro atoms. The average Bonchev–Trinajstić information content (AvgIpc) is 2.89. The lowest BCUT2D eigenvalue weighted by Crippen LogP contribution is -2.28. The molecule has 1 saturated carbocycles. The van der Waals surface area contributed by atoms with Crippen LogP contribution in [0.5, 0.6) is 0 Å². The predicted molar refractivity (Wildman–Crippen MR) is 135 cm³/mol. The van der Waals surface area contributed by atoms with E-state index >= 15 is 0 Å². The van der Waals surface area contributed by atoms with E-state index in [1.807, 2.05) is 12.1 Å². The summed E-state index contributed by atoms with van der Waals surface area (Å²) in [5, 5.41) is 0. The quantitative estimate of drug-likeness (QED) is 0.230. The monoisotopic (exact) mass is 464 g/mol. The fourth-order valence-corrected chi connectivity index (χ4v) is 4.65. The summed E-state index contributed by atoms with van der Waals surface area (Å²) >= 11 is 0. The third-order valence-corrected chi connectivity index (χ3v) is 6.79. The molecule has 0 radical (unpaired) electrons. The maximum atomic E-state index is 12.4. The molecule has 1 aliphatic rings. The van der Waals surface area contributed by atoms with Gasteiger partial charge in [-0.05, 0) is 88.2 Å². The summed E-state index contributed by atoms with van der Waals surface area (Å²) in [7, 11) is 0. The third kappa shape index (κ3) is 9.70. The average molecular weight is 465 g/mol. The van der Waals surface area contributed by atoms with Gasteiger partial charge in [0.15, 0.2) is 0 Å². The highest BCUT2D eigenvalue weighted by atomic mass is 16.5. The molecular weight excluding hydrogens is 424 g/mol. The van der Waals surface area contributed by atoms with Gasteiger partial charge in [-0.15, -0.1) is 0 Å². The second-order valence-corrected chi connectivity index (χ2v) is 9.48. The number of esters is 2. The second kappa shape index (κ2) is 15.3. The smallest absolute Gasteiger partial charge is 0.308 e. The van der Waals surface area contributed by atoms with Crippen LogP contribution >= 0.6 is 0 Å². The summed E-state index contributed by atoms with van der Waals surface area (Å²) in [6, 6.07) is 21.0. The number of rotatable bonds is 14. The molecule has 3 rings (SSSR count). The van der Waals surface area contributed by atoms with Crippen molar-refractivity contribution >= 4 is 11.9 Å². The van der Waals surface area contributed by atoms with E-state index in [0.717, 1.165) is 77.0 Å². The highest BCUT2D eigenvalue weighted by Gasteiger charge is 2.31. The van der Waals surface area contributed by atoms with Gasteiger partial charge in [0.2, 0.25) is 0 Å². The SMILES string of the molecule is O=C(OCCCCCc1ccccc1)C1CCC(C(=O)OCCCCCc2ccccc2)CC1. The first kappa shape index (κ1) is 26.0. The first-order valence-corrected chi connectivity index (χ1v) is 13.1. The number of hydrogen-bond donors (Lipinski definition) is 0. The lowest BCUT2D eigenvalue weighted by Gasteiger charge is -2.26. The summed E-state index contributed by atoms with van der Waals surface area (Å²) in [5.41, 5.74) is 2.72. The van der Waals surface area contributed by atoms with Crippen molar-refractivity contribution in [2.24, 2.45) is 11.8 Å². The van der Waals surface area contributed by atoms with Gasteiger partial charge in [-0.2, -0.15) is 0 Å². The summed E-state index contributed by atoms with van der Waals surface area (Å²) in [6.07, 6.45) is 11.2. The summed E-state index contributed by atoms with van der Waals surface area (Å²) in [5.74, 6) is -0.306. The minimum Gasteiger partial charge on any atom is -0.465 e. The molecule has 0 heterocycles. The number of ether oxygens (including phenoxy) is 2. The molecule has 2 aromatic rings. The number of hydrogen-bond acceptors (Lipinski definition) is 4. The minimum atomic E-state index is -0.0895. The topological polar surface area (TPSA) is 52.6 Å². The lowest BCUT2D eigenvalue weighted by atomic mass is 9.82. The van der Waals surface area contributed by atoms with E-state index < -0.39 is 0 Å². The van der Waals surface area contributed by atoms with Crippen molar-refractivity contribution in [1.29, 1.82) is 0 Å². The van der Waals surface area contributed by atoms with Crippen LogP contribution in [0.3, 0.4) is 0 Å². The van der Waals surface area contributed by atoms with E-state index in [9.17, 15) is 9.59 Å². The summed E-state index contributed by atoms with van der Waals surface area (Å²) in [6.45, 7) is 1.000. The van der Waals surface area contributed by atoms with Gasteiger partial charge in [0, 0.05) is 0 Å². The zero-order valence-corrected chi connectivity index (χ0v) is 20.5. The molecule has 0 aliphatic heterocycles. The molecule has 1 aliphatic carbocycles. The molecule has 0 bridgehead atoms. The van der Waals surface area contributed by atoms with Crippen LogP contribution in [-0.4, -0.2) is 25.2 Å². The molecule has 0 atom stereocenters. The van der Waals surface area contributed by atoms with Gasteiger partial charge in [0.1, 0.15) is 0 Å². The first-order valence-electron chi connectivity index (χ1n) is 13.1. The van der Waals surface area contributed by atoms with Crippen LogP contribution in [-0.2, 0) is 31.9 Å². The third-order valence-electron chi connectivity index (χ3n) is 6.79. The van der Waals surface area contributed by atoms with E-state index in [1.54, 1.807) is 0 Å². The maximum absolute atomic E-state index is 12.4. The summed E-state index contributed by atoms with van der Waals surface area (Å²) < 4.78 is 11.0. The molecule has 0 amide bonds. The predicted octanol–water partition coefficient (Wildman–Crippen LogP) is 6.71. The maximum Gasteiger partial charge on any atom is 0.308 e. The van der Waals surface area contributed by atoms with E-state index in [-0.39, 0.29) is 23.8 Å². The van der Waals surface area contributed by atoms with Gasteiger partial charge in [-0.1, -0.05) is 60.7 Å². The molecule has 4 heteroatoms. The van der Waals surface area contributed by atoms with Gasteiger partial charge < -0.3 is 9.47 Å². The van der Waals surface area contributed by atoms with Crippen LogP contribution in [0, 0.1) is 11.8 Å². The van der Waals surface area contributed by atoms with Crippen LogP contribution in [0.2, 0.25) is 0 Å². The molecule has 0 N–H and O–H groups in total. The zero-order valence-electron chi connectivity index (χ0n) is 20.5. The standard InChI is InChI=1S/C30H40O4/c31-29(33-23-11-3-9-17-25-13-5-1-6-14-25)27-19-21-28(22-20-27)30(32)34-24-12-4-10-18-26-15-7-2-8-16-26/h1-2,5-8,13-16,27-28H,3-4,9-12,17-24H2. The van der Waals surface area contributed by atoms with Gasteiger partial charge in [-0.3, -0.25) is 9.59 Å². The zero-order chi connectivity index (χ0) is 23.8. The minimum absolute atomic E-state index is 0.0636. The van der Waals surface area contributed by atoms with Crippen LogP contribution < -0.4 is 0 Å². The Balaban J connectivity index is 1.17. The number of unbranched alkanes of at least 4 members (excludes halogenated alkanes) is 4. The van der Waals surface area contributed by atoms with Crippen molar-refractivity contribution in [3.05, 3.63) is 71.8 Å². The number of aryl methyl sites for hydroxylation is 2. The van der Waals surface area contributed by atoms with Crippen LogP contribution in [0.25, 0.3) is 0 Å². The molecule has 2 aromatic carbocycles. The Bertz CT molecular complexity index is 754. The highest BCUT2D eigenvalue weighted by molar-refractivity contribution is 5.75. The molecule has 184 valence electrons. The Hall–Kier alpha value is -2.62. The van der Waals surface area contributed by atoms with E-state index in [2.05, 4.69) is 48.5 Å². The fraction of sp³-hybridized carbons (Fsp3) is 0.533. The molecule has 0 saturated heterocycles. The van der Waals surface area contributed by atoms with Gasteiger partial charge in [0.25, 0.3) is 0 Å². The molecule has 34 heavy (non-hydrogen) atoms. The normalized spacial score (nSPS) is 17.8. The first-order chi connectivity index (χ1) is 16.7. The van der Waals surface area contributed by atoms with Crippen molar-refractivity contribution < 1.29 is 19.1 Å². The Morgan fingerprint density at radius 1 is 0.559 bits per heavy atom. The van der Waals surface area contributed by atoms with Crippen molar-refractivity contribution in [2.45, 2.75) is 77.0 Å². The second-order valence-electron chi connectivity index (χ2n) is 9.48. The number of benzene rings is 2. The molecule has 1 fully saturated rings. The van der Waals surface area contributed by atoms with Crippen LogP contribution in [0.4, 0.5) is 0 Å².